The van der Waals surface area contributed by atoms with Gasteiger partial charge in [0.1, 0.15) is 12.5 Å². The van der Waals surface area contributed by atoms with Crippen LogP contribution in [0, 0.1) is 0 Å². The first-order valence-electron chi connectivity index (χ1n) is 8.19. The maximum atomic E-state index is 14.0. The number of H-pyrrole nitrogens is 1. The molecule has 122 valence electrons. The zero-order valence-corrected chi connectivity index (χ0v) is 13.7. The van der Waals surface area contributed by atoms with Gasteiger partial charge >= 0.3 is 0 Å². The SMILES string of the molecule is C=O.CCCN1CCC(c2c[nH]c3c2=CCC(C)(F)C=3)CC1. The van der Waals surface area contributed by atoms with E-state index >= 15 is 0 Å². The highest BCUT2D eigenvalue weighted by Gasteiger charge is 2.25. The van der Waals surface area contributed by atoms with Gasteiger partial charge in [0.25, 0.3) is 0 Å². The van der Waals surface area contributed by atoms with Crippen molar-refractivity contribution in [3.8, 4) is 0 Å². The fourth-order valence-electron chi connectivity index (χ4n) is 3.60. The number of fused-ring (bicyclic) bond motifs is 1. The van der Waals surface area contributed by atoms with Crippen LogP contribution in [0.3, 0.4) is 0 Å². The molecule has 1 saturated heterocycles. The molecule has 4 heteroatoms. The van der Waals surface area contributed by atoms with Crippen LogP contribution >= 0.6 is 0 Å². The largest absolute Gasteiger partial charge is 0.361 e. The molecule has 1 atom stereocenters. The fraction of sp³-hybridized carbons (Fsp3) is 0.611. The number of carbonyl (C=O) groups excluding carboxylic acids is 1. The fourth-order valence-corrected chi connectivity index (χ4v) is 3.60. The lowest BCUT2D eigenvalue weighted by Crippen LogP contribution is -2.37. The summed E-state index contributed by atoms with van der Waals surface area (Å²) in [5.41, 5.74) is 0.211. The van der Waals surface area contributed by atoms with Crippen molar-refractivity contribution in [2.24, 2.45) is 0 Å². The average Bonchev–Trinajstić information content (AvgIpc) is 2.92. The van der Waals surface area contributed by atoms with E-state index in [0.717, 1.165) is 5.35 Å². The molecule has 1 aliphatic heterocycles. The summed E-state index contributed by atoms with van der Waals surface area (Å²) < 4.78 is 14.0. The third-order valence-electron chi connectivity index (χ3n) is 4.70. The molecule has 2 heterocycles. The van der Waals surface area contributed by atoms with E-state index < -0.39 is 5.67 Å². The maximum Gasteiger partial charge on any atom is 0.132 e. The zero-order chi connectivity index (χ0) is 16.2. The third kappa shape index (κ3) is 3.67. The Hall–Kier alpha value is -1.42. The number of rotatable bonds is 3. The van der Waals surface area contributed by atoms with Crippen molar-refractivity contribution in [2.45, 2.75) is 51.1 Å². The standard InChI is InChI=1S/C17H25FN2.CH2O/c1-3-8-20-9-5-13(6-10-20)15-12-19-16-11-17(2,18)7-4-14(15)16;1-2/h4,11-13,19H,3,5-10H2,1-2H3;1H2. The second-order valence-corrected chi connectivity index (χ2v) is 6.52. The van der Waals surface area contributed by atoms with Crippen LogP contribution in [0.2, 0.25) is 0 Å². The number of nitrogens with zero attached hydrogens (tertiary/aromatic N) is 1. The van der Waals surface area contributed by atoms with Gasteiger partial charge in [-0.2, -0.15) is 0 Å². The summed E-state index contributed by atoms with van der Waals surface area (Å²) in [4.78, 5) is 13.8. The number of aromatic amines is 1. The number of piperidine rings is 1. The highest BCUT2D eigenvalue weighted by atomic mass is 19.1. The van der Waals surface area contributed by atoms with Crippen LogP contribution in [0.5, 0.6) is 0 Å². The molecule has 0 amide bonds. The van der Waals surface area contributed by atoms with Crippen LogP contribution in [0.4, 0.5) is 4.39 Å². The van der Waals surface area contributed by atoms with Gasteiger partial charge in [0.05, 0.1) is 0 Å². The molecule has 0 radical (unpaired) electrons. The molecule has 22 heavy (non-hydrogen) atoms. The number of nitrogens with one attached hydrogen (secondary N) is 1. The lowest BCUT2D eigenvalue weighted by molar-refractivity contribution is -0.0979. The van der Waals surface area contributed by atoms with Crippen LogP contribution in [0.25, 0.3) is 12.2 Å². The van der Waals surface area contributed by atoms with Crippen molar-refractivity contribution in [3.05, 3.63) is 22.3 Å². The van der Waals surface area contributed by atoms with Gasteiger partial charge in [0, 0.05) is 18.0 Å². The minimum atomic E-state index is -1.19. The van der Waals surface area contributed by atoms with E-state index in [1.54, 1.807) is 13.0 Å². The molecular formula is C18H27FN2O. The first-order chi connectivity index (χ1) is 10.6. The van der Waals surface area contributed by atoms with Crippen LogP contribution in [0.1, 0.15) is 51.0 Å². The first kappa shape index (κ1) is 16.9. The Morgan fingerprint density at radius 1 is 1.41 bits per heavy atom. The summed E-state index contributed by atoms with van der Waals surface area (Å²) in [6, 6.07) is 0. The molecule has 1 aromatic rings. The number of likely N-dealkylation sites (tertiary alicyclic amines) is 1. The minimum absolute atomic E-state index is 0.500. The van der Waals surface area contributed by atoms with Crippen LogP contribution < -0.4 is 10.6 Å². The Kier molecular flexibility index (Phi) is 5.57. The number of carbonyl (C=O) groups is 1. The second kappa shape index (κ2) is 7.23. The summed E-state index contributed by atoms with van der Waals surface area (Å²) >= 11 is 0. The van der Waals surface area contributed by atoms with Crippen molar-refractivity contribution in [1.29, 1.82) is 0 Å². The van der Waals surface area contributed by atoms with Gasteiger partial charge in [0.15, 0.2) is 0 Å². The Morgan fingerprint density at radius 2 is 2.09 bits per heavy atom. The smallest absolute Gasteiger partial charge is 0.132 e. The van der Waals surface area contributed by atoms with E-state index in [-0.39, 0.29) is 0 Å². The summed E-state index contributed by atoms with van der Waals surface area (Å²) in [6.07, 6.45) is 10.1. The zero-order valence-electron chi connectivity index (χ0n) is 13.7. The van der Waals surface area contributed by atoms with E-state index in [9.17, 15) is 4.39 Å². The molecule has 1 aromatic heterocycles. The Bertz CT molecular complexity index is 597. The highest BCUT2D eigenvalue weighted by molar-refractivity contribution is 5.47. The van der Waals surface area contributed by atoms with Gasteiger partial charge in [-0.1, -0.05) is 13.0 Å². The predicted octanol–water partition coefficient (Wildman–Crippen LogP) is 2.11. The van der Waals surface area contributed by atoms with Crippen molar-refractivity contribution >= 4 is 18.9 Å². The lowest BCUT2D eigenvalue weighted by atomic mass is 9.88. The highest BCUT2D eigenvalue weighted by Crippen LogP contribution is 2.26. The minimum Gasteiger partial charge on any atom is -0.361 e. The van der Waals surface area contributed by atoms with E-state index in [1.165, 1.54) is 49.7 Å². The maximum absolute atomic E-state index is 14.0. The Balaban J connectivity index is 0.000000847. The van der Waals surface area contributed by atoms with Gasteiger partial charge in [-0.3, -0.25) is 0 Å². The Morgan fingerprint density at radius 3 is 2.73 bits per heavy atom. The number of aromatic nitrogens is 1. The summed E-state index contributed by atoms with van der Waals surface area (Å²) in [7, 11) is 0. The lowest BCUT2D eigenvalue weighted by Gasteiger charge is -2.31. The van der Waals surface area contributed by atoms with E-state index in [0.29, 0.717) is 12.3 Å². The number of halogens is 1. The van der Waals surface area contributed by atoms with Crippen molar-refractivity contribution in [2.75, 3.05) is 19.6 Å². The molecule has 0 bridgehead atoms. The van der Waals surface area contributed by atoms with Crippen LogP contribution in [-0.4, -0.2) is 42.0 Å². The van der Waals surface area contributed by atoms with Crippen molar-refractivity contribution in [3.63, 3.8) is 0 Å². The molecule has 0 aromatic carbocycles. The number of alkyl halides is 1. The topological polar surface area (TPSA) is 36.1 Å². The third-order valence-corrected chi connectivity index (χ3v) is 4.70. The first-order valence-corrected chi connectivity index (χ1v) is 8.19. The summed E-state index contributed by atoms with van der Waals surface area (Å²) in [6.45, 7) is 9.51. The predicted molar refractivity (Wildman–Crippen MR) is 88.9 cm³/mol. The average molecular weight is 306 g/mol. The molecule has 3 rings (SSSR count). The molecular weight excluding hydrogens is 279 g/mol. The molecule has 1 aliphatic carbocycles. The van der Waals surface area contributed by atoms with Gasteiger partial charge in [-0.25, -0.2) is 4.39 Å². The molecule has 1 N–H and O–H groups in total. The molecule has 0 spiro atoms. The van der Waals surface area contributed by atoms with Crippen LogP contribution in [-0.2, 0) is 4.79 Å². The molecule has 1 unspecified atom stereocenters. The number of hydrogen-bond acceptors (Lipinski definition) is 2. The molecule has 3 nitrogen and oxygen atoms in total. The van der Waals surface area contributed by atoms with E-state index in [2.05, 4.69) is 29.1 Å². The van der Waals surface area contributed by atoms with E-state index in [4.69, 9.17) is 4.79 Å². The summed E-state index contributed by atoms with van der Waals surface area (Å²) in [5.74, 6) is 0.636. The second-order valence-electron chi connectivity index (χ2n) is 6.52. The quantitative estimate of drug-likeness (QED) is 0.928. The monoisotopic (exact) mass is 306 g/mol. The Labute approximate surface area is 131 Å². The van der Waals surface area contributed by atoms with Gasteiger partial charge < -0.3 is 14.7 Å². The number of hydrogen-bond donors (Lipinski definition) is 1. The molecule has 0 saturated carbocycles. The van der Waals surface area contributed by atoms with Gasteiger partial charge in [0.2, 0.25) is 0 Å². The van der Waals surface area contributed by atoms with Gasteiger partial charge in [-0.05, 0) is 68.6 Å². The summed E-state index contributed by atoms with van der Waals surface area (Å²) in [5, 5.41) is 2.24. The normalized spacial score (nSPS) is 25.4. The van der Waals surface area contributed by atoms with E-state index in [1.807, 2.05) is 6.79 Å². The van der Waals surface area contributed by atoms with Gasteiger partial charge in [-0.15, -0.1) is 0 Å². The molecule has 1 fully saturated rings. The molecule has 2 aliphatic rings. The van der Waals surface area contributed by atoms with Crippen molar-refractivity contribution in [1.82, 2.24) is 9.88 Å². The van der Waals surface area contributed by atoms with Crippen LogP contribution in [0.15, 0.2) is 6.20 Å². The van der Waals surface area contributed by atoms with Crippen molar-refractivity contribution < 1.29 is 9.18 Å².